The quantitative estimate of drug-likeness (QED) is 0.371. The van der Waals surface area contributed by atoms with Crippen molar-refractivity contribution in [3.05, 3.63) is 48.6 Å². The lowest BCUT2D eigenvalue weighted by Gasteiger charge is -2.10. The lowest BCUT2D eigenvalue weighted by Crippen LogP contribution is -2.08. The summed E-state index contributed by atoms with van der Waals surface area (Å²) in [6, 6.07) is 11.1. The fourth-order valence-electron chi connectivity index (χ4n) is 1.79. The van der Waals surface area contributed by atoms with Crippen LogP contribution in [-0.4, -0.2) is 11.1 Å². The molecule has 20 heavy (non-hydrogen) atoms. The van der Waals surface area contributed by atoms with E-state index in [-0.39, 0.29) is 5.12 Å². The summed E-state index contributed by atoms with van der Waals surface area (Å²) in [6.07, 6.45) is 0. The van der Waals surface area contributed by atoms with E-state index >= 15 is 0 Å². The standard InChI is InChI=1S/C16H14O3S/c1-10(2)16(18)19-13-8-4-6-12-7-5-9-14(15(12)13)20-11(3)17/h4-9H,1H2,2-3H3. The molecule has 0 N–H and O–H groups in total. The van der Waals surface area contributed by atoms with Crippen LogP contribution in [0.2, 0.25) is 0 Å². The minimum absolute atomic E-state index is 0.0152. The lowest BCUT2D eigenvalue weighted by molar-refractivity contribution is -0.130. The molecule has 102 valence electrons. The molecule has 0 saturated heterocycles. The molecule has 2 aromatic rings. The maximum Gasteiger partial charge on any atom is 0.338 e. The van der Waals surface area contributed by atoms with Gasteiger partial charge < -0.3 is 4.74 Å². The summed E-state index contributed by atoms with van der Waals surface area (Å²) in [7, 11) is 0. The molecule has 0 aromatic heterocycles. The monoisotopic (exact) mass is 286 g/mol. The van der Waals surface area contributed by atoms with Crippen molar-refractivity contribution in [1.29, 1.82) is 0 Å². The van der Waals surface area contributed by atoms with Crippen molar-refractivity contribution in [3.63, 3.8) is 0 Å². The number of carbonyl (C=O) groups is 2. The van der Waals surface area contributed by atoms with Crippen molar-refractivity contribution in [2.45, 2.75) is 18.7 Å². The molecule has 0 aliphatic heterocycles. The van der Waals surface area contributed by atoms with Gasteiger partial charge in [-0.1, -0.05) is 42.6 Å². The van der Waals surface area contributed by atoms with Crippen LogP contribution in [0.15, 0.2) is 53.4 Å². The van der Waals surface area contributed by atoms with E-state index in [9.17, 15) is 9.59 Å². The van der Waals surface area contributed by atoms with Gasteiger partial charge in [0.05, 0.1) is 0 Å². The van der Waals surface area contributed by atoms with E-state index in [2.05, 4.69) is 6.58 Å². The topological polar surface area (TPSA) is 43.4 Å². The minimum Gasteiger partial charge on any atom is -0.422 e. The molecule has 0 fully saturated rings. The number of ether oxygens (including phenoxy) is 1. The Morgan fingerprint density at radius 1 is 1.10 bits per heavy atom. The third-order valence-corrected chi connectivity index (χ3v) is 3.48. The second kappa shape index (κ2) is 5.92. The third-order valence-electron chi connectivity index (χ3n) is 2.63. The summed E-state index contributed by atoms with van der Waals surface area (Å²) in [6.45, 7) is 6.67. The van der Waals surface area contributed by atoms with Crippen molar-refractivity contribution in [2.75, 3.05) is 0 Å². The smallest absolute Gasteiger partial charge is 0.338 e. The highest BCUT2D eigenvalue weighted by Gasteiger charge is 2.13. The van der Waals surface area contributed by atoms with E-state index < -0.39 is 5.97 Å². The second-order valence-corrected chi connectivity index (χ2v) is 5.59. The zero-order valence-corrected chi connectivity index (χ0v) is 12.1. The van der Waals surface area contributed by atoms with Gasteiger partial charge in [-0.05, 0) is 24.4 Å². The van der Waals surface area contributed by atoms with Gasteiger partial charge in [-0.2, -0.15) is 0 Å². The van der Waals surface area contributed by atoms with E-state index in [0.29, 0.717) is 11.3 Å². The molecule has 0 amide bonds. The molecule has 0 aliphatic carbocycles. The number of rotatable bonds is 3. The third kappa shape index (κ3) is 3.08. The number of benzene rings is 2. The molecule has 2 aromatic carbocycles. The zero-order chi connectivity index (χ0) is 14.7. The van der Waals surface area contributed by atoms with Crippen LogP contribution < -0.4 is 4.74 Å². The molecule has 0 saturated carbocycles. The molecule has 2 rings (SSSR count). The molecule has 0 bridgehead atoms. The van der Waals surface area contributed by atoms with E-state index in [1.807, 2.05) is 30.3 Å². The van der Waals surface area contributed by atoms with Crippen molar-refractivity contribution in [3.8, 4) is 5.75 Å². The number of hydrogen-bond donors (Lipinski definition) is 0. The number of esters is 1. The van der Waals surface area contributed by atoms with E-state index in [1.165, 1.54) is 6.92 Å². The highest BCUT2D eigenvalue weighted by molar-refractivity contribution is 8.13. The number of carbonyl (C=O) groups excluding carboxylic acids is 2. The molecular weight excluding hydrogens is 272 g/mol. The van der Waals surface area contributed by atoms with Crippen LogP contribution in [0.4, 0.5) is 0 Å². The number of hydrogen-bond acceptors (Lipinski definition) is 4. The van der Waals surface area contributed by atoms with Gasteiger partial charge in [-0.25, -0.2) is 4.79 Å². The molecule has 3 nitrogen and oxygen atoms in total. The number of thioether (sulfide) groups is 1. The Kier molecular flexibility index (Phi) is 4.25. The van der Waals surface area contributed by atoms with E-state index in [0.717, 1.165) is 27.4 Å². The highest BCUT2D eigenvalue weighted by Crippen LogP contribution is 2.35. The maximum atomic E-state index is 11.7. The highest BCUT2D eigenvalue weighted by atomic mass is 32.2. The number of fused-ring (bicyclic) bond motifs is 1. The van der Waals surface area contributed by atoms with Gasteiger partial charge >= 0.3 is 5.97 Å². The predicted octanol–water partition coefficient (Wildman–Crippen LogP) is 3.96. The van der Waals surface area contributed by atoms with Crippen LogP contribution in [0.5, 0.6) is 5.75 Å². The van der Waals surface area contributed by atoms with Gasteiger partial charge in [0.15, 0.2) is 5.12 Å². The molecule has 0 aliphatic rings. The minimum atomic E-state index is -0.472. The van der Waals surface area contributed by atoms with Crippen LogP contribution in [0.25, 0.3) is 10.8 Å². The van der Waals surface area contributed by atoms with E-state index in [4.69, 9.17) is 4.74 Å². The zero-order valence-electron chi connectivity index (χ0n) is 11.3. The first-order valence-electron chi connectivity index (χ1n) is 6.07. The molecular formula is C16H14O3S. The van der Waals surface area contributed by atoms with Gasteiger partial charge in [0.1, 0.15) is 5.75 Å². The Labute approximate surface area is 121 Å². The maximum absolute atomic E-state index is 11.7. The summed E-state index contributed by atoms with van der Waals surface area (Å²) in [4.78, 5) is 23.8. The fourth-order valence-corrected chi connectivity index (χ4v) is 2.56. The van der Waals surface area contributed by atoms with Crippen molar-refractivity contribution < 1.29 is 14.3 Å². The van der Waals surface area contributed by atoms with Crippen LogP contribution in [0.1, 0.15) is 13.8 Å². The van der Waals surface area contributed by atoms with Crippen molar-refractivity contribution in [2.24, 2.45) is 0 Å². The first-order chi connectivity index (χ1) is 9.49. The Morgan fingerprint density at radius 3 is 2.35 bits per heavy atom. The fraction of sp³-hybridized carbons (Fsp3) is 0.125. The summed E-state index contributed by atoms with van der Waals surface area (Å²) in [5.41, 5.74) is 0.332. The average Bonchev–Trinajstić information content (AvgIpc) is 2.38. The lowest BCUT2D eigenvalue weighted by atomic mass is 10.1. The van der Waals surface area contributed by atoms with Crippen LogP contribution >= 0.6 is 11.8 Å². The van der Waals surface area contributed by atoms with Crippen LogP contribution in [0, 0.1) is 0 Å². The predicted molar refractivity (Wildman–Crippen MR) is 80.9 cm³/mol. The Morgan fingerprint density at radius 2 is 1.75 bits per heavy atom. The average molecular weight is 286 g/mol. The van der Waals surface area contributed by atoms with Gasteiger partial charge in [-0.15, -0.1) is 0 Å². The van der Waals surface area contributed by atoms with E-state index in [1.54, 1.807) is 13.0 Å². The molecule has 0 spiro atoms. The first kappa shape index (κ1) is 14.3. The first-order valence-corrected chi connectivity index (χ1v) is 6.88. The molecule has 0 unspecified atom stereocenters. The molecule has 4 heteroatoms. The molecule has 0 heterocycles. The van der Waals surface area contributed by atoms with Crippen LogP contribution in [0.3, 0.4) is 0 Å². The second-order valence-electron chi connectivity index (χ2n) is 4.37. The summed E-state index contributed by atoms with van der Waals surface area (Å²) >= 11 is 1.12. The largest absolute Gasteiger partial charge is 0.422 e. The Balaban J connectivity index is 2.56. The van der Waals surface area contributed by atoms with Gasteiger partial charge in [0.2, 0.25) is 0 Å². The summed E-state index contributed by atoms with van der Waals surface area (Å²) < 4.78 is 5.35. The SMILES string of the molecule is C=C(C)C(=O)Oc1cccc2cccc(SC(C)=O)c12. The van der Waals surface area contributed by atoms with Crippen molar-refractivity contribution in [1.82, 2.24) is 0 Å². The van der Waals surface area contributed by atoms with Crippen LogP contribution in [-0.2, 0) is 9.59 Å². The molecule has 0 atom stereocenters. The summed E-state index contributed by atoms with van der Waals surface area (Å²) in [5.74, 6) is -0.0278. The van der Waals surface area contributed by atoms with Gasteiger partial charge in [0, 0.05) is 22.8 Å². The Hall–Kier alpha value is -2.07. The van der Waals surface area contributed by atoms with Crippen molar-refractivity contribution >= 4 is 33.6 Å². The van der Waals surface area contributed by atoms with Gasteiger partial charge in [-0.3, -0.25) is 4.79 Å². The molecule has 0 radical (unpaired) electrons. The summed E-state index contributed by atoms with van der Waals surface area (Å²) in [5, 5.41) is 1.67. The van der Waals surface area contributed by atoms with Gasteiger partial charge in [0.25, 0.3) is 0 Å². The normalized spacial score (nSPS) is 10.3. The Bertz CT molecular complexity index is 699.